The fraction of sp³-hybridized carbons (Fsp3) is 1.00. The summed E-state index contributed by atoms with van der Waals surface area (Å²) in [6, 6.07) is 0. The molecule has 25 heavy (non-hydrogen) atoms. The van der Waals surface area contributed by atoms with Crippen LogP contribution in [0, 0.1) is 0 Å². The third-order valence-corrected chi connectivity index (χ3v) is 5.07. The van der Waals surface area contributed by atoms with E-state index < -0.39 is 24.9 Å². The normalized spacial score (nSPS) is 24.7. The quantitative estimate of drug-likeness (QED) is 0.368. The van der Waals surface area contributed by atoms with E-state index in [9.17, 15) is 10.2 Å². The van der Waals surface area contributed by atoms with E-state index >= 15 is 0 Å². The van der Waals surface area contributed by atoms with Gasteiger partial charge in [0.25, 0.3) is 0 Å². The van der Waals surface area contributed by atoms with Crippen LogP contribution in [-0.4, -0.2) is 59.6 Å². The molecule has 1 saturated heterocycles. The number of hydrogen-bond acceptors (Lipinski definition) is 5. The molecule has 1 fully saturated rings. The topological polar surface area (TPSA) is 79.2 Å². The molecule has 1 aliphatic rings. The molecule has 0 amide bonds. The van der Waals surface area contributed by atoms with Crippen LogP contribution in [-0.2, 0) is 9.47 Å². The van der Waals surface area contributed by atoms with Crippen molar-refractivity contribution in [3.05, 3.63) is 0 Å². The molecule has 1 aliphatic heterocycles. The first-order chi connectivity index (χ1) is 12.2. The Kier molecular flexibility index (Phi) is 13.6. The summed E-state index contributed by atoms with van der Waals surface area (Å²) >= 11 is 0. The van der Waals surface area contributed by atoms with E-state index in [2.05, 4.69) is 6.92 Å². The molecule has 3 N–H and O–H groups in total. The Morgan fingerprint density at radius 3 is 1.96 bits per heavy atom. The molecule has 0 unspecified atom stereocenters. The van der Waals surface area contributed by atoms with Gasteiger partial charge in [0.1, 0.15) is 24.4 Å². The number of unbranched alkanes of at least 4 members (excludes halogenated alkanes) is 11. The third kappa shape index (κ3) is 9.90. The van der Waals surface area contributed by atoms with Gasteiger partial charge in [-0.2, -0.15) is 0 Å². The lowest BCUT2D eigenvalue weighted by atomic mass is 10.1. The van der Waals surface area contributed by atoms with Crippen LogP contribution in [0.4, 0.5) is 0 Å². The summed E-state index contributed by atoms with van der Waals surface area (Å²) in [4.78, 5) is 0. The van der Waals surface area contributed by atoms with Crippen LogP contribution < -0.4 is 0 Å². The van der Waals surface area contributed by atoms with Gasteiger partial charge in [-0.05, 0) is 6.42 Å². The Labute approximate surface area is 153 Å². The lowest BCUT2D eigenvalue weighted by Gasteiger charge is -2.20. The van der Waals surface area contributed by atoms with Gasteiger partial charge in [0.2, 0.25) is 0 Å². The smallest absolute Gasteiger partial charge is 0.114 e. The summed E-state index contributed by atoms with van der Waals surface area (Å²) in [6.07, 6.45) is 12.6. The molecular formula is C20H40O5. The van der Waals surface area contributed by atoms with Gasteiger partial charge in [-0.3, -0.25) is 0 Å². The molecule has 4 atom stereocenters. The van der Waals surface area contributed by atoms with E-state index in [0.29, 0.717) is 6.61 Å². The molecule has 150 valence electrons. The van der Waals surface area contributed by atoms with Crippen molar-refractivity contribution in [2.45, 2.75) is 108 Å². The second kappa shape index (κ2) is 14.9. The zero-order valence-corrected chi connectivity index (χ0v) is 16.1. The highest BCUT2D eigenvalue weighted by Gasteiger charge is 2.40. The minimum Gasteiger partial charge on any atom is -0.394 e. The molecule has 1 heterocycles. The van der Waals surface area contributed by atoms with Crippen molar-refractivity contribution in [1.82, 2.24) is 0 Å². The molecule has 5 nitrogen and oxygen atoms in total. The summed E-state index contributed by atoms with van der Waals surface area (Å²) in [5, 5.41) is 28.5. The van der Waals surface area contributed by atoms with E-state index in [1.807, 2.05) is 0 Å². The molecule has 0 saturated carbocycles. The average Bonchev–Trinajstić information content (AvgIpc) is 2.99. The van der Waals surface area contributed by atoms with E-state index in [1.165, 1.54) is 64.2 Å². The maximum Gasteiger partial charge on any atom is 0.114 e. The van der Waals surface area contributed by atoms with Crippen LogP contribution in [0.3, 0.4) is 0 Å². The number of aliphatic hydroxyl groups excluding tert-OH is 3. The fourth-order valence-electron chi connectivity index (χ4n) is 3.38. The number of rotatable bonds is 16. The van der Waals surface area contributed by atoms with Gasteiger partial charge < -0.3 is 24.8 Å². The van der Waals surface area contributed by atoms with E-state index in [-0.39, 0.29) is 12.7 Å². The van der Waals surface area contributed by atoms with Gasteiger partial charge in [-0.25, -0.2) is 0 Å². The first-order valence-corrected chi connectivity index (χ1v) is 10.4. The molecule has 0 aromatic carbocycles. The zero-order chi connectivity index (χ0) is 18.3. The van der Waals surface area contributed by atoms with Crippen molar-refractivity contribution in [2.75, 3.05) is 19.8 Å². The Morgan fingerprint density at radius 1 is 0.920 bits per heavy atom. The second-order valence-electron chi connectivity index (χ2n) is 7.34. The summed E-state index contributed by atoms with van der Waals surface area (Å²) in [6.45, 7) is 2.74. The number of hydrogen-bond donors (Lipinski definition) is 3. The standard InChI is InChI=1S/C20H40O5/c1-2-3-4-5-6-7-8-9-10-11-12-13-14-24-18-16-25-20(19(18)23)17(22)15-21/h17-23H,2-16H2,1H3/t17-,18+,19-,20-/m1/s1. The highest BCUT2D eigenvalue weighted by atomic mass is 16.6. The molecule has 0 radical (unpaired) electrons. The second-order valence-corrected chi connectivity index (χ2v) is 7.34. The van der Waals surface area contributed by atoms with E-state index in [0.717, 1.165) is 12.8 Å². The molecule has 0 spiro atoms. The van der Waals surface area contributed by atoms with Gasteiger partial charge in [0.15, 0.2) is 0 Å². The summed E-state index contributed by atoms with van der Waals surface area (Å²) in [5.41, 5.74) is 0. The molecule has 1 rings (SSSR count). The van der Waals surface area contributed by atoms with Crippen LogP contribution in [0.2, 0.25) is 0 Å². The van der Waals surface area contributed by atoms with Crippen LogP contribution in [0.15, 0.2) is 0 Å². The summed E-state index contributed by atoms with van der Waals surface area (Å²) in [7, 11) is 0. The van der Waals surface area contributed by atoms with Crippen LogP contribution in [0.5, 0.6) is 0 Å². The number of ether oxygens (including phenoxy) is 2. The van der Waals surface area contributed by atoms with Gasteiger partial charge in [-0.15, -0.1) is 0 Å². The van der Waals surface area contributed by atoms with Crippen molar-refractivity contribution in [1.29, 1.82) is 0 Å². The highest BCUT2D eigenvalue weighted by Crippen LogP contribution is 2.20. The maximum absolute atomic E-state index is 10.0. The third-order valence-electron chi connectivity index (χ3n) is 5.07. The molecule has 0 aromatic rings. The minimum atomic E-state index is -1.05. The van der Waals surface area contributed by atoms with Crippen molar-refractivity contribution < 1.29 is 24.8 Å². The molecule has 0 aliphatic carbocycles. The van der Waals surface area contributed by atoms with Gasteiger partial charge in [0, 0.05) is 6.61 Å². The molecular weight excluding hydrogens is 320 g/mol. The molecule has 5 heteroatoms. The minimum absolute atomic E-state index is 0.279. The van der Waals surface area contributed by atoms with Crippen molar-refractivity contribution in [2.24, 2.45) is 0 Å². The molecule has 0 bridgehead atoms. The Hall–Kier alpha value is -0.200. The van der Waals surface area contributed by atoms with Crippen LogP contribution >= 0.6 is 0 Å². The maximum atomic E-state index is 10.0. The van der Waals surface area contributed by atoms with E-state index in [1.54, 1.807) is 0 Å². The molecule has 0 aromatic heterocycles. The lowest BCUT2D eigenvalue weighted by molar-refractivity contribution is -0.0730. The summed E-state index contributed by atoms with van der Waals surface area (Å²) < 4.78 is 11.0. The summed E-state index contributed by atoms with van der Waals surface area (Å²) in [5.74, 6) is 0. The van der Waals surface area contributed by atoms with Crippen LogP contribution in [0.25, 0.3) is 0 Å². The van der Waals surface area contributed by atoms with Gasteiger partial charge >= 0.3 is 0 Å². The van der Waals surface area contributed by atoms with Crippen LogP contribution in [0.1, 0.15) is 84.0 Å². The monoisotopic (exact) mass is 360 g/mol. The first-order valence-electron chi connectivity index (χ1n) is 10.4. The number of aliphatic hydroxyl groups is 3. The first kappa shape index (κ1) is 22.8. The fourth-order valence-corrected chi connectivity index (χ4v) is 3.38. The zero-order valence-electron chi connectivity index (χ0n) is 16.1. The van der Waals surface area contributed by atoms with Gasteiger partial charge in [0.05, 0.1) is 13.2 Å². The van der Waals surface area contributed by atoms with Crippen molar-refractivity contribution >= 4 is 0 Å². The lowest BCUT2D eigenvalue weighted by Crippen LogP contribution is -2.41. The highest BCUT2D eigenvalue weighted by molar-refractivity contribution is 4.88. The SMILES string of the molecule is CCCCCCCCCCCCCCO[C@H]1CO[C@H]([C@H](O)CO)[C@@H]1O. The van der Waals surface area contributed by atoms with Crippen molar-refractivity contribution in [3.63, 3.8) is 0 Å². The Balaban J connectivity index is 1.86. The predicted octanol–water partition coefficient (Wildman–Crippen LogP) is 3.19. The average molecular weight is 361 g/mol. The largest absolute Gasteiger partial charge is 0.394 e. The van der Waals surface area contributed by atoms with Gasteiger partial charge in [-0.1, -0.05) is 77.6 Å². The van der Waals surface area contributed by atoms with Crippen molar-refractivity contribution in [3.8, 4) is 0 Å². The predicted molar refractivity (Wildman–Crippen MR) is 99.7 cm³/mol. The van der Waals surface area contributed by atoms with E-state index in [4.69, 9.17) is 14.6 Å². The Bertz CT molecular complexity index is 300. The Morgan fingerprint density at radius 2 is 1.44 bits per heavy atom.